The lowest BCUT2D eigenvalue weighted by Crippen LogP contribution is -2.40. The summed E-state index contributed by atoms with van der Waals surface area (Å²) in [4.78, 5) is 21.3. The van der Waals surface area contributed by atoms with Crippen LogP contribution in [0.25, 0.3) is 0 Å². The number of methoxy groups -OCH3 is 1. The van der Waals surface area contributed by atoms with Crippen molar-refractivity contribution in [3.8, 4) is 0 Å². The first kappa shape index (κ1) is 14.7. The van der Waals surface area contributed by atoms with Gasteiger partial charge in [0.2, 0.25) is 0 Å². The molecule has 0 radical (unpaired) electrons. The molecule has 0 spiro atoms. The van der Waals surface area contributed by atoms with Crippen molar-refractivity contribution in [2.75, 3.05) is 20.2 Å². The molecule has 0 bridgehead atoms. The minimum absolute atomic E-state index is 0.0252. The molecular formula is C9H18N2O5. The molecule has 4 N–H and O–H groups in total. The summed E-state index contributed by atoms with van der Waals surface area (Å²) in [5.74, 6) is -1.30. The van der Waals surface area contributed by atoms with Crippen molar-refractivity contribution in [3.63, 3.8) is 0 Å². The van der Waals surface area contributed by atoms with Crippen LogP contribution in [0.3, 0.4) is 0 Å². The van der Waals surface area contributed by atoms with Gasteiger partial charge in [0.15, 0.2) is 6.10 Å². The van der Waals surface area contributed by atoms with Gasteiger partial charge in [0.1, 0.15) is 0 Å². The van der Waals surface area contributed by atoms with Crippen LogP contribution in [0.15, 0.2) is 0 Å². The monoisotopic (exact) mass is 234 g/mol. The maximum atomic E-state index is 11.1. The third-order valence-electron chi connectivity index (χ3n) is 1.94. The number of ether oxygens (including phenoxy) is 1. The van der Waals surface area contributed by atoms with Gasteiger partial charge in [0.25, 0.3) is 0 Å². The van der Waals surface area contributed by atoms with Crippen molar-refractivity contribution in [3.05, 3.63) is 0 Å². The summed E-state index contributed by atoms with van der Waals surface area (Å²) < 4.78 is 4.91. The lowest BCUT2D eigenvalue weighted by atomic mass is 10.2. The Morgan fingerprint density at radius 3 is 2.50 bits per heavy atom. The number of aliphatic hydroxyl groups excluding tert-OH is 1. The standard InChI is InChI=1S/C9H18N2O5/c1-6(16-2)5-11-9(15)10-4-3-7(12)8(13)14/h6-7,12H,3-5H2,1-2H3,(H,13,14)(H2,10,11,15). The number of aliphatic carboxylic acids is 1. The van der Waals surface area contributed by atoms with E-state index in [1.54, 1.807) is 6.92 Å². The number of nitrogens with one attached hydrogen (secondary N) is 2. The van der Waals surface area contributed by atoms with Gasteiger partial charge >= 0.3 is 12.0 Å². The Kier molecular flexibility index (Phi) is 7.23. The predicted molar refractivity (Wildman–Crippen MR) is 56.1 cm³/mol. The Morgan fingerprint density at radius 2 is 2.00 bits per heavy atom. The first-order chi connectivity index (χ1) is 7.47. The van der Waals surface area contributed by atoms with E-state index in [1.165, 1.54) is 7.11 Å². The van der Waals surface area contributed by atoms with Crippen LogP contribution in [0, 0.1) is 0 Å². The number of hydrogen-bond acceptors (Lipinski definition) is 4. The van der Waals surface area contributed by atoms with Crippen molar-refractivity contribution in [2.24, 2.45) is 0 Å². The molecule has 0 aromatic heterocycles. The quantitative estimate of drug-likeness (QED) is 0.459. The Hall–Kier alpha value is -1.34. The summed E-state index contributed by atoms with van der Waals surface area (Å²) >= 11 is 0. The molecule has 94 valence electrons. The van der Waals surface area contributed by atoms with Gasteiger partial charge in [-0.25, -0.2) is 9.59 Å². The molecule has 0 aliphatic rings. The average molecular weight is 234 g/mol. The summed E-state index contributed by atoms with van der Waals surface area (Å²) in [6.07, 6.45) is -1.56. The molecule has 2 amide bonds. The molecule has 7 heteroatoms. The van der Waals surface area contributed by atoms with E-state index in [2.05, 4.69) is 10.6 Å². The molecule has 16 heavy (non-hydrogen) atoms. The van der Waals surface area contributed by atoms with E-state index in [0.29, 0.717) is 6.54 Å². The molecule has 0 aromatic rings. The van der Waals surface area contributed by atoms with Crippen molar-refractivity contribution >= 4 is 12.0 Å². The first-order valence-electron chi connectivity index (χ1n) is 4.92. The van der Waals surface area contributed by atoms with Gasteiger partial charge in [-0.15, -0.1) is 0 Å². The Labute approximate surface area is 93.8 Å². The number of urea groups is 1. The Bertz CT molecular complexity index is 234. The van der Waals surface area contributed by atoms with Crippen LogP contribution in [0.1, 0.15) is 13.3 Å². The van der Waals surface area contributed by atoms with Gasteiger partial charge in [0, 0.05) is 26.6 Å². The van der Waals surface area contributed by atoms with Gasteiger partial charge in [-0.1, -0.05) is 0 Å². The van der Waals surface area contributed by atoms with Gasteiger partial charge < -0.3 is 25.6 Å². The second-order valence-electron chi connectivity index (χ2n) is 3.33. The fourth-order valence-electron chi connectivity index (χ4n) is 0.828. The highest BCUT2D eigenvalue weighted by molar-refractivity contribution is 5.74. The fourth-order valence-corrected chi connectivity index (χ4v) is 0.828. The SMILES string of the molecule is COC(C)CNC(=O)NCCC(O)C(=O)O. The second kappa shape index (κ2) is 7.89. The van der Waals surface area contributed by atoms with E-state index in [1.807, 2.05) is 0 Å². The van der Waals surface area contributed by atoms with Crippen LogP contribution in [-0.4, -0.2) is 54.6 Å². The van der Waals surface area contributed by atoms with Gasteiger partial charge in [-0.3, -0.25) is 0 Å². The Morgan fingerprint density at radius 1 is 1.38 bits per heavy atom. The van der Waals surface area contributed by atoms with Crippen molar-refractivity contribution < 1.29 is 24.5 Å². The summed E-state index contributed by atoms with van der Waals surface area (Å²) in [6, 6.07) is -0.415. The highest BCUT2D eigenvalue weighted by Crippen LogP contribution is 1.89. The Balaban J connectivity index is 3.55. The van der Waals surface area contributed by atoms with Crippen molar-refractivity contribution in [2.45, 2.75) is 25.6 Å². The summed E-state index contributed by atoms with van der Waals surface area (Å²) in [5.41, 5.74) is 0. The molecular weight excluding hydrogens is 216 g/mol. The number of amides is 2. The highest BCUT2D eigenvalue weighted by atomic mass is 16.5. The van der Waals surface area contributed by atoms with Gasteiger partial charge in [-0.05, 0) is 6.92 Å². The molecule has 0 aliphatic heterocycles. The van der Waals surface area contributed by atoms with E-state index in [4.69, 9.17) is 14.9 Å². The van der Waals surface area contributed by atoms with Gasteiger partial charge in [0.05, 0.1) is 6.10 Å². The highest BCUT2D eigenvalue weighted by Gasteiger charge is 2.12. The number of carbonyl (C=O) groups is 2. The van der Waals surface area contributed by atoms with E-state index < -0.39 is 18.1 Å². The topological polar surface area (TPSA) is 108 Å². The third-order valence-corrected chi connectivity index (χ3v) is 1.94. The predicted octanol–water partition coefficient (Wildman–Crippen LogP) is -0.844. The van der Waals surface area contributed by atoms with Crippen LogP contribution < -0.4 is 10.6 Å². The second-order valence-corrected chi connectivity index (χ2v) is 3.33. The molecule has 0 heterocycles. The molecule has 7 nitrogen and oxygen atoms in total. The van der Waals surface area contributed by atoms with Crippen LogP contribution in [0.2, 0.25) is 0 Å². The number of carboxylic acid groups (broad SMARTS) is 1. The normalized spacial score (nSPS) is 13.9. The molecule has 0 saturated carbocycles. The number of hydrogen-bond donors (Lipinski definition) is 4. The van der Waals surface area contributed by atoms with Crippen molar-refractivity contribution in [1.82, 2.24) is 10.6 Å². The van der Waals surface area contributed by atoms with E-state index in [9.17, 15) is 9.59 Å². The van der Waals surface area contributed by atoms with Crippen LogP contribution in [0.5, 0.6) is 0 Å². The summed E-state index contributed by atoms with van der Waals surface area (Å²) in [6.45, 7) is 2.26. The fraction of sp³-hybridized carbons (Fsp3) is 0.778. The zero-order valence-electron chi connectivity index (χ0n) is 9.40. The van der Waals surface area contributed by atoms with Gasteiger partial charge in [-0.2, -0.15) is 0 Å². The molecule has 0 fully saturated rings. The average Bonchev–Trinajstić information content (AvgIpc) is 2.25. The lowest BCUT2D eigenvalue weighted by molar-refractivity contribution is -0.146. The lowest BCUT2D eigenvalue weighted by Gasteiger charge is -2.12. The molecule has 0 rings (SSSR count). The number of carboxylic acids is 1. The molecule has 2 atom stereocenters. The van der Waals surface area contributed by atoms with E-state index in [-0.39, 0.29) is 19.1 Å². The molecule has 0 aromatic carbocycles. The van der Waals surface area contributed by atoms with Crippen molar-refractivity contribution in [1.29, 1.82) is 0 Å². The van der Waals surface area contributed by atoms with E-state index >= 15 is 0 Å². The number of rotatable bonds is 7. The minimum Gasteiger partial charge on any atom is -0.479 e. The van der Waals surface area contributed by atoms with Crippen LogP contribution in [-0.2, 0) is 9.53 Å². The smallest absolute Gasteiger partial charge is 0.332 e. The largest absolute Gasteiger partial charge is 0.479 e. The summed E-state index contributed by atoms with van der Waals surface area (Å²) in [5, 5.41) is 22.2. The molecule has 0 saturated heterocycles. The summed E-state index contributed by atoms with van der Waals surface area (Å²) in [7, 11) is 1.54. The molecule has 0 aliphatic carbocycles. The maximum absolute atomic E-state index is 11.1. The number of carbonyl (C=O) groups excluding carboxylic acids is 1. The van der Waals surface area contributed by atoms with E-state index in [0.717, 1.165) is 0 Å². The molecule has 2 unspecified atom stereocenters. The third kappa shape index (κ3) is 7.02. The van der Waals surface area contributed by atoms with Crippen LogP contribution in [0.4, 0.5) is 4.79 Å². The first-order valence-corrected chi connectivity index (χ1v) is 4.92. The zero-order chi connectivity index (χ0) is 12.6. The zero-order valence-corrected chi connectivity index (χ0v) is 9.40. The number of aliphatic hydroxyl groups is 1. The maximum Gasteiger partial charge on any atom is 0.332 e. The van der Waals surface area contributed by atoms with Crippen LogP contribution >= 0.6 is 0 Å². The minimum atomic E-state index is -1.45.